The standard InChI is InChI=1S/C20H25F2N3O/c1-20(2,3)18-6-7-19(26)25(23-18)13-17-5-4-8-24(17)12-14-9-15(21)11-16(22)10-14/h6-7,9-11,17H,4-5,8,12-13H2,1-3H3. The Bertz CT molecular complexity index is 821. The maximum absolute atomic E-state index is 13.4. The van der Waals surface area contributed by atoms with Gasteiger partial charge in [0.25, 0.3) is 5.56 Å². The molecule has 1 fully saturated rings. The molecule has 2 heterocycles. The minimum absolute atomic E-state index is 0.123. The van der Waals surface area contributed by atoms with Crippen LogP contribution in [0.3, 0.4) is 0 Å². The van der Waals surface area contributed by atoms with Crippen molar-refractivity contribution in [2.24, 2.45) is 0 Å². The summed E-state index contributed by atoms with van der Waals surface area (Å²) in [6, 6.07) is 7.08. The number of likely N-dealkylation sites (tertiary alicyclic amines) is 1. The lowest BCUT2D eigenvalue weighted by Gasteiger charge is -2.25. The first-order chi connectivity index (χ1) is 12.2. The number of benzene rings is 1. The summed E-state index contributed by atoms with van der Waals surface area (Å²) in [4.78, 5) is 14.4. The van der Waals surface area contributed by atoms with Gasteiger partial charge in [-0.2, -0.15) is 5.10 Å². The fourth-order valence-electron chi connectivity index (χ4n) is 3.43. The summed E-state index contributed by atoms with van der Waals surface area (Å²) in [5, 5.41) is 4.53. The summed E-state index contributed by atoms with van der Waals surface area (Å²) in [6.07, 6.45) is 1.93. The first-order valence-corrected chi connectivity index (χ1v) is 9.00. The molecular weight excluding hydrogens is 336 g/mol. The Kier molecular flexibility index (Phi) is 5.23. The van der Waals surface area contributed by atoms with E-state index < -0.39 is 11.6 Å². The van der Waals surface area contributed by atoms with Gasteiger partial charge >= 0.3 is 0 Å². The normalized spacial score (nSPS) is 18.4. The zero-order chi connectivity index (χ0) is 18.9. The quantitative estimate of drug-likeness (QED) is 0.837. The van der Waals surface area contributed by atoms with Crippen LogP contribution >= 0.6 is 0 Å². The summed E-state index contributed by atoms with van der Waals surface area (Å²) in [7, 11) is 0. The number of hydrogen-bond donors (Lipinski definition) is 0. The molecule has 1 atom stereocenters. The summed E-state index contributed by atoms with van der Waals surface area (Å²) >= 11 is 0. The van der Waals surface area contributed by atoms with E-state index in [0.29, 0.717) is 18.7 Å². The highest BCUT2D eigenvalue weighted by Gasteiger charge is 2.26. The third-order valence-corrected chi connectivity index (χ3v) is 4.83. The Balaban J connectivity index is 1.78. The van der Waals surface area contributed by atoms with Gasteiger partial charge in [0.2, 0.25) is 0 Å². The predicted octanol–water partition coefficient (Wildman–Crippen LogP) is 3.48. The molecule has 1 aromatic heterocycles. The molecule has 0 spiro atoms. The van der Waals surface area contributed by atoms with Crippen LogP contribution in [0.5, 0.6) is 0 Å². The molecule has 0 N–H and O–H groups in total. The molecular formula is C20H25F2N3O. The Hall–Kier alpha value is -2.08. The van der Waals surface area contributed by atoms with Gasteiger partial charge in [-0.25, -0.2) is 13.5 Å². The molecule has 0 bridgehead atoms. The predicted molar refractivity (Wildman–Crippen MR) is 97.0 cm³/mol. The zero-order valence-corrected chi connectivity index (χ0v) is 15.5. The Labute approximate surface area is 152 Å². The molecule has 140 valence electrons. The van der Waals surface area contributed by atoms with Crippen molar-refractivity contribution in [3.63, 3.8) is 0 Å². The van der Waals surface area contributed by atoms with E-state index in [4.69, 9.17) is 0 Å². The highest BCUT2D eigenvalue weighted by atomic mass is 19.1. The van der Waals surface area contributed by atoms with E-state index in [1.807, 2.05) is 0 Å². The van der Waals surface area contributed by atoms with Crippen molar-refractivity contribution in [3.05, 3.63) is 63.6 Å². The van der Waals surface area contributed by atoms with Gasteiger partial charge in [0.15, 0.2) is 0 Å². The van der Waals surface area contributed by atoms with Crippen LogP contribution in [0.25, 0.3) is 0 Å². The third-order valence-electron chi connectivity index (χ3n) is 4.83. The number of aromatic nitrogens is 2. The van der Waals surface area contributed by atoms with Crippen molar-refractivity contribution in [2.45, 2.75) is 58.2 Å². The summed E-state index contributed by atoms with van der Waals surface area (Å²) in [6.45, 7) is 7.98. The number of hydrogen-bond acceptors (Lipinski definition) is 3. The lowest BCUT2D eigenvalue weighted by Crippen LogP contribution is -2.37. The molecule has 1 aromatic carbocycles. The summed E-state index contributed by atoms with van der Waals surface area (Å²) in [5.74, 6) is -1.13. The van der Waals surface area contributed by atoms with E-state index in [2.05, 4.69) is 30.8 Å². The van der Waals surface area contributed by atoms with Crippen LogP contribution in [-0.2, 0) is 18.5 Å². The average Bonchev–Trinajstić information content (AvgIpc) is 2.94. The van der Waals surface area contributed by atoms with Crippen LogP contribution < -0.4 is 5.56 Å². The maximum atomic E-state index is 13.4. The zero-order valence-electron chi connectivity index (χ0n) is 15.5. The van der Waals surface area contributed by atoms with E-state index in [0.717, 1.165) is 31.1 Å². The second kappa shape index (κ2) is 7.27. The highest BCUT2D eigenvalue weighted by molar-refractivity contribution is 5.18. The van der Waals surface area contributed by atoms with Crippen molar-refractivity contribution in [1.29, 1.82) is 0 Å². The minimum atomic E-state index is -0.563. The van der Waals surface area contributed by atoms with Crippen molar-refractivity contribution >= 4 is 0 Å². The van der Waals surface area contributed by atoms with Gasteiger partial charge in [0.1, 0.15) is 11.6 Å². The maximum Gasteiger partial charge on any atom is 0.266 e. The van der Waals surface area contributed by atoms with Crippen LogP contribution in [0.2, 0.25) is 0 Å². The fourth-order valence-corrected chi connectivity index (χ4v) is 3.43. The molecule has 0 aliphatic carbocycles. The van der Waals surface area contributed by atoms with Gasteiger partial charge in [-0.1, -0.05) is 20.8 Å². The summed E-state index contributed by atoms with van der Waals surface area (Å²) < 4.78 is 28.4. The van der Waals surface area contributed by atoms with Crippen LogP contribution in [0, 0.1) is 11.6 Å². The van der Waals surface area contributed by atoms with Crippen molar-refractivity contribution < 1.29 is 8.78 Å². The molecule has 0 saturated carbocycles. The molecule has 2 aromatic rings. The molecule has 4 nitrogen and oxygen atoms in total. The largest absolute Gasteiger partial charge is 0.294 e. The van der Waals surface area contributed by atoms with E-state index >= 15 is 0 Å². The van der Waals surface area contributed by atoms with Gasteiger partial charge in [-0.05, 0) is 43.1 Å². The van der Waals surface area contributed by atoms with Gasteiger partial charge < -0.3 is 0 Å². The average molecular weight is 361 g/mol. The lowest BCUT2D eigenvalue weighted by atomic mass is 9.92. The van der Waals surface area contributed by atoms with Crippen LogP contribution in [0.1, 0.15) is 44.9 Å². The van der Waals surface area contributed by atoms with E-state index in [9.17, 15) is 13.6 Å². The second-order valence-electron chi connectivity index (χ2n) is 8.03. The first kappa shape index (κ1) is 18.7. The SMILES string of the molecule is CC(C)(C)c1ccc(=O)n(CC2CCCN2Cc2cc(F)cc(F)c2)n1. The fraction of sp³-hybridized carbons (Fsp3) is 0.500. The molecule has 6 heteroatoms. The Morgan fingerprint density at radius 2 is 1.85 bits per heavy atom. The third kappa shape index (κ3) is 4.36. The van der Waals surface area contributed by atoms with E-state index in [1.54, 1.807) is 12.1 Å². The van der Waals surface area contributed by atoms with Crippen molar-refractivity contribution in [3.8, 4) is 0 Å². The topological polar surface area (TPSA) is 38.1 Å². The number of rotatable bonds is 4. The van der Waals surface area contributed by atoms with Crippen molar-refractivity contribution in [1.82, 2.24) is 14.7 Å². The van der Waals surface area contributed by atoms with Gasteiger partial charge in [0.05, 0.1) is 12.2 Å². The van der Waals surface area contributed by atoms with Crippen molar-refractivity contribution in [2.75, 3.05) is 6.54 Å². The second-order valence-corrected chi connectivity index (χ2v) is 8.03. The monoisotopic (exact) mass is 361 g/mol. The lowest BCUT2D eigenvalue weighted by molar-refractivity contribution is 0.215. The van der Waals surface area contributed by atoms with E-state index in [1.165, 1.54) is 16.8 Å². The number of nitrogens with zero attached hydrogens (tertiary/aromatic N) is 3. The summed E-state index contributed by atoms with van der Waals surface area (Å²) in [5.41, 5.74) is 1.22. The van der Waals surface area contributed by atoms with Crippen LogP contribution in [0.15, 0.2) is 35.1 Å². The molecule has 1 unspecified atom stereocenters. The van der Waals surface area contributed by atoms with Gasteiger partial charge in [-0.3, -0.25) is 9.69 Å². The molecule has 26 heavy (non-hydrogen) atoms. The van der Waals surface area contributed by atoms with Gasteiger partial charge in [0, 0.05) is 30.1 Å². The molecule has 1 aliphatic rings. The molecule has 1 aliphatic heterocycles. The van der Waals surface area contributed by atoms with E-state index in [-0.39, 0.29) is 17.0 Å². The Morgan fingerprint density at radius 3 is 2.50 bits per heavy atom. The van der Waals surface area contributed by atoms with Crippen LogP contribution in [0.4, 0.5) is 8.78 Å². The molecule has 1 saturated heterocycles. The smallest absolute Gasteiger partial charge is 0.266 e. The highest BCUT2D eigenvalue weighted by Crippen LogP contribution is 2.23. The van der Waals surface area contributed by atoms with Gasteiger partial charge in [-0.15, -0.1) is 0 Å². The molecule has 3 rings (SSSR count). The van der Waals surface area contributed by atoms with Crippen LogP contribution in [-0.4, -0.2) is 27.3 Å². The molecule has 0 amide bonds. The molecule has 0 radical (unpaired) electrons. The Morgan fingerprint density at radius 1 is 1.15 bits per heavy atom. The number of halogens is 2. The first-order valence-electron chi connectivity index (χ1n) is 9.00. The minimum Gasteiger partial charge on any atom is -0.294 e.